The zero-order valence-corrected chi connectivity index (χ0v) is 7.07. The zero-order valence-electron chi connectivity index (χ0n) is 7.07. The molecule has 0 unspecified atom stereocenters. The highest BCUT2D eigenvalue weighted by Crippen LogP contribution is 2.40. The van der Waals surface area contributed by atoms with Crippen molar-refractivity contribution in [2.45, 2.75) is 13.5 Å². The van der Waals surface area contributed by atoms with Crippen molar-refractivity contribution in [1.29, 1.82) is 0 Å². The maximum absolute atomic E-state index is 9.58. The number of nitrogens with zero attached hydrogens (tertiary/aromatic N) is 1. The Balaban J connectivity index is 2.79. The highest BCUT2D eigenvalue weighted by Gasteiger charge is 2.22. The summed E-state index contributed by atoms with van der Waals surface area (Å²) < 4.78 is 0. The van der Waals surface area contributed by atoms with Crippen LogP contribution in [-0.4, -0.2) is 21.0 Å². The standard InChI is InChI=1S/C9H9NO3/c1-4-8-7(12)2-6(11)5(3-10-4)9(8)13/h2,11-13H,3H2,1H3. The van der Waals surface area contributed by atoms with Crippen LogP contribution in [0.1, 0.15) is 18.1 Å². The fraction of sp³-hybridized carbons (Fsp3) is 0.222. The van der Waals surface area contributed by atoms with Gasteiger partial charge in [0.25, 0.3) is 0 Å². The molecule has 4 nitrogen and oxygen atoms in total. The molecule has 1 aliphatic heterocycles. The van der Waals surface area contributed by atoms with Gasteiger partial charge in [-0.2, -0.15) is 0 Å². The molecule has 4 heteroatoms. The molecule has 1 aromatic rings. The summed E-state index contributed by atoms with van der Waals surface area (Å²) in [6.45, 7) is 1.96. The van der Waals surface area contributed by atoms with Crippen LogP contribution < -0.4 is 0 Å². The van der Waals surface area contributed by atoms with Gasteiger partial charge in [-0.15, -0.1) is 0 Å². The Kier molecular flexibility index (Phi) is 1.45. The van der Waals surface area contributed by atoms with Gasteiger partial charge in [0, 0.05) is 11.8 Å². The number of hydrogen-bond acceptors (Lipinski definition) is 4. The summed E-state index contributed by atoms with van der Waals surface area (Å²) in [4.78, 5) is 4.05. The molecule has 0 radical (unpaired) electrons. The van der Waals surface area contributed by atoms with E-state index in [1.165, 1.54) is 6.07 Å². The Bertz CT molecular complexity index is 410. The first-order chi connectivity index (χ1) is 6.11. The van der Waals surface area contributed by atoms with Gasteiger partial charge in [-0.1, -0.05) is 0 Å². The molecule has 0 fully saturated rings. The average Bonchev–Trinajstić information content (AvgIpc) is 2.01. The van der Waals surface area contributed by atoms with E-state index in [9.17, 15) is 15.3 Å². The van der Waals surface area contributed by atoms with Crippen molar-refractivity contribution in [3.63, 3.8) is 0 Å². The number of aliphatic imine (C=N–C) groups is 1. The van der Waals surface area contributed by atoms with E-state index in [4.69, 9.17) is 0 Å². The van der Waals surface area contributed by atoms with Crippen LogP contribution in [0.15, 0.2) is 11.1 Å². The number of benzene rings is 1. The van der Waals surface area contributed by atoms with Crippen LogP contribution >= 0.6 is 0 Å². The van der Waals surface area contributed by atoms with Crippen molar-refractivity contribution >= 4 is 5.71 Å². The third kappa shape index (κ3) is 0.950. The summed E-state index contributed by atoms with van der Waals surface area (Å²) in [5.41, 5.74) is 1.28. The molecule has 0 amide bonds. The normalized spacial score (nSPS) is 14.1. The minimum Gasteiger partial charge on any atom is -0.507 e. The monoisotopic (exact) mass is 179 g/mol. The van der Waals surface area contributed by atoms with E-state index in [2.05, 4.69) is 4.99 Å². The molecule has 0 saturated heterocycles. The SMILES string of the molecule is CC1=NCc2c(O)cc(O)c1c2O. The summed E-state index contributed by atoms with van der Waals surface area (Å²) in [7, 11) is 0. The highest BCUT2D eigenvalue weighted by atomic mass is 16.3. The van der Waals surface area contributed by atoms with Gasteiger partial charge < -0.3 is 15.3 Å². The van der Waals surface area contributed by atoms with Crippen LogP contribution in [0.2, 0.25) is 0 Å². The predicted octanol–water partition coefficient (Wildman–Crippen LogP) is 1.13. The number of hydrogen-bond donors (Lipinski definition) is 3. The first-order valence-electron chi connectivity index (χ1n) is 3.89. The molecule has 1 aliphatic rings. The smallest absolute Gasteiger partial charge is 0.137 e. The molecule has 13 heavy (non-hydrogen) atoms. The fourth-order valence-electron chi connectivity index (χ4n) is 1.47. The van der Waals surface area contributed by atoms with Crippen molar-refractivity contribution in [2.24, 2.45) is 4.99 Å². The number of fused-ring (bicyclic) bond motifs is 2. The number of phenols is 3. The third-order valence-electron chi connectivity index (χ3n) is 2.20. The minimum absolute atomic E-state index is 0.0648. The predicted molar refractivity (Wildman–Crippen MR) is 47.4 cm³/mol. The van der Waals surface area contributed by atoms with Crippen LogP contribution in [0.5, 0.6) is 17.2 Å². The van der Waals surface area contributed by atoms with Gasteiger partial charge in [0.1, 0.15) is 17.2 Å². The molecule has 3 N–H and O–H groups in total. The lowest BCUT2D eigenvalue weighted by Gasteiger charge is -2.16. The van der Waals surface area contributed by atoms with Gasteiger partial charge in [-0.3, -0.25) is 4.99 Å². The summed E-state index contributed by atoms with van der Waals surface area (Å²) >= 11 is 0. The molecule has 0 atom stereocenters. The lowest BCUT2D eigenvalue weighted by Crippen LogP contribution is -2.04. The number of rotatable bonds is 0. The van der Waals surface area contributed by atoms with E-state index < -0.39 is 0 Å². The Morgan fingerprint density at radius 1 is 1.23 bits per heavy atom. The summed E-state index contributed by atoms with van der Waals surface area (Å²) in [5.74, 6) is -0.320. The van der Waals surface area contributed by atoms with Crippen LogP contribution in [0, 0.1) is 0 Å². The number of aromatic hydroxyl groups is 3. The van der Waals surface area contributed by atoms with Crippen molar-refractivity contribution in [1.82, 2.24) is 0 Å². The Hall–Kier alpha value is -1.71. The average molecular weight is 179 g/mol. The second kappa shape index (κ2) is 2.39. The van der Waals surface area contributed by atoms with Gasteiger partial charge in [-0.05, 0) is 6.92 Å². The van der Waals surface area contributed by atoms with Gasteiger partial charge in [0.15, 0.2) is 0 Å². The largest absolute Gasteiger partial charge is 0.507 e. The molecule has 0 aromatic heterocycles. The van der Waals surface area contributed by atoms with E-state index >= 15 is 0 Å². The lowest BCUT2D eigenvalue weighted by molar-refractivity contribution is 0.416. The first kappa shape index (κ1) is 7.91. The second-order valence-electron chi connectivity index (χ2n) is 3.02. The van der Waals surface area contributed by atoms with Crippen molar-refractivity contribution in [3.05, 3.63) is 17.2 Å². The van der Waals surface area contributed by atoms with Crippen molar-refractivity contribution in [3.8, 4) is 17.2 Å². The van der Waals surface area contributed by atoms with Crippen LogP contribution in [0.4, 0.5) is 0 Å². The lowest BCUT2D eigenvalue weighted by atomic mass is 10.00. The maximum Gasteiger partial charge on any atom is 0.137 e. The van der Waals surface area contributed by atoms with Gasteiger partial charge >= 0.3 is 0 Å². The van der Waals surface area contributed by atoms with Gasteiger partial charge in [0.2, 0.25) is 0 Å². The van der Waals surface area contributed by atoms with Crippen LogP contribution in [-0.2, 0) is 6.54 Å². The molecular formula is C9H9NO3. The molecule has 2 rings (SSSR count). The highest BCUT2D eigenvalue weighted by molar-refractivity contribution is 6.05. The molecule has 2 bridgehead atoms. The molecule has 1 aromatic carbocycles. The number of phenolic OH excluding ortho intramolecular Hbond substituents is 3. The molecule has 0 spiro atoms. The Morgan fingerprint density at radius 3 is 2.62 bits per heavy atom. The van der Waals surface area contributed by atoms with E-state index in [1.54, 1.807) is 6.92 Å². The van der Waals surface area contributed by atoms with E-state index in [1.807, 2.05) is 0 Å². The zero-order chi connectivity index (χ0) is 9.59. The van der Waals surface area contributed by atoms with Crippen molar-refractivity contribution in [2.75, 3.05) is 0 Å². The van der Waals surface area contributed by atoms with E-state index in [-0.39, 0.29) is 23.8 Å². The van der Waals surface area contributed by atoms with Crippen LogP contribution in [0.25, 0.3) is 0 Å². The van der Waals surface area contributed by atoms with E-state index in [0.29, 0.717) is 16.8 Å². The molecule has 0 aliphatic carbocycles. The molecular weight excluding hydrogens is 170 g/mol. The quantitative estimate of drug-likeness (QED) is 0.558. The summed E-state index contributed by atoms with van der Waals surface area (Å²) in [5, 5.41) is 28.3. The van der Waals surface area contributed by atoms with Gasteiger partial charge in [-0.25, -0.2) is 0 Å². The molecule has 1 heterocycles. The first-order valence-corrected chi connectivity index (χ1v) is 3.89. The van der Waals surface area contributed by atoms with Crippen LogP contribution in [0.3, 0.4) is 0 Å². The summed E-state index contributed by atoms with van der Waals surface area (Å²) in [6.07, 6.45) is 0. The fourth-order valence-corrected chi connectivity index (χ4v) is 1.47. The molecule has 0 saturated carbocycles. The Morgan fingerprint density at radius 2 is 1.92 bits per heavy atom. The van der Waals surface area contributed by atoms with Gasteiger partial charge in [0.05, 0.1) is 17.7 Å². The Labute approximate surface area is 74.8 Å². The molecule has 68 valence electrons. The van der Waals surface area contributed by atoms with E-state index in [0.717, 1.165) is 0 Å². The summed E-state index contributed by atoms with van der Waals surface area (Å²) in [6, 6.07) is 1.22. The topological polar surface area (TPSA) is 73.1 Å². The third-order valence-corrected chi connectivity index (χ3v) is 2.20. The second-order valence-corrected chi connectivity index (χ2v) is 3.02. The minimum atomic E-state index is -0.139. The maximum atomic E-state index is 9.58. The van der Waals surface area contributed by atoms with Crippen molar-refractivity contribution < 1.29 is 15.3 Å².